The summed E-state index contributed by atoms with van der Waals surface area (Å²) in [4.78, 5) is 42.4. The number of phenols is 1. The average Bonchev–Trinajstić information content (AvgIpc) is 2.91. The van der Waals surface area contributed by atoms with Crippen molar-refractivity contribution >= 4 is 23.2 Å². The second kappa shape index (κ2) is 10.2. The largest absolute Gasteiger partial charge is 0.508 e. The van der Waals surface area contributed by atoms with Gasteiger partial charge >= 0.3 is 6.18 Å². The van der Waals surface area contributed by atoms with Crippen LogP contribution in [-0.2, 0) is 20.9 Å². The topological polar surface area (TPSA) is 185 Å². The maximum absolute atomic E-state index is 14.1. The van der Waals surface area contributed by atoms with Gasteiger partial charge in [0.1, 0.15) is 22.8 Å². The van der Waals surface area contributed by atoms with E-state index in [-0.39, 0.29) is 37.2 Å². The molecule has 0 spiro atoms. The van der Waals surface area contributed by atoms with Gasteiger partial charge in [-0.1, -0.05) is 25.1 Å². The summed E-state index contributed by atoms with van der Waals surface area (Å²) in [6, 6.07) is 1.66. The van der Waals surface area contributed by atoms with Crippen LogP contribution >= 0.6 is 0 Å². The van der Waals surface area contributed by atoms with Gasteiger partial charge in [0.15, 0.2) is 11.4 Å². The van der Waals surface area contributed by atoms with E-state index >= 15 is 0 Å². The van der Waals surface area contributed by atoms with Crippen molar-refractivity contribution in [2.45, 2.75) is 49.7 Å². The Bertz CT molecular complexity index is 1530. The van der Waals surface area contributed by atoms with Crippen LogP contribution in [0.2, 0.25) is 0 Å². The first-order chi connectivity index (χ1) is 19.9. The van der Waals surface area contributed by atoms with Crippen LogP contribution in [0.3, 0.4) is 0 Å². The van der Waals surface area contributed by atoms with Crippen molar-refractivity contribution in [1.82, 2.24) is 9.80 Å². The number of ketones is 2. The molecule has 0 unspecified atom stereocenters. The Morgan fingerprint density at radius 1 is 1.19 bits per heavy atom. The van der Waals surface area contributed by atoms with Gasteiger partial charge in [0.05, 0.1) is 23.6 Å². The Morgan fingerprint density at radius 2 is 1.84 bits per heavy atom. The zero-order valence-electron chi connectivity index (χ0n) is 23.5. The smallest absolute Gasteiger partial charge is 0.412 e. The number of carbonyl (C=O) groups excluding carboxylic acids is 3. The summed E-state index contributed by atoms with van der Waals surface area (Å²) < 4.78 is 39.1. The fourth-order valence-electron chi connectivity index (χ4n) is 7.14. The first kappa shape index (κ1) is 30.7. The molecule has 1 amide bonds. The molecule has 0 bridgehead atoms. The lowest BCUT2D eigenvalue weighted by Crippen LogP contribution is -2.70. The number of phenolic OH excluding ortho intramolecular Hbond substituents is 1. The number of Topliss-reactive ketones (excluding diaryl/α,β-unsaturated/α-hetero) is 2. The fourth-order valence-corrected chi connectivity index (χ4v) is 7.14. The maximum Gasteiger partial charge on any atom is 0.412 e. The van der Waals surface area contributed by atoms with E-state index in [1.807, 2.05) is 0 Å². The molecule has 1 aromatic carbocycles. The van der Waals surface area contributed by atoms with Gasteiger partial charge in [-0.15, -0.1) is 0 Å². The number of hydrogen-bond acceptors (Lipinski definition) is 10. The third kappa shape index (κ3) is 4.38. The predicted molar refractivity (Wildman–Crippen MR) is 144 cm³/mol. The van der Waals surface area contributed by atoms with E-state index in [1.54, 1.807) is 24.0 Å². The van der Waals surface area contributed by atoms with Gasteiger partial charge in [-0.3, -0.25) is 24.2 Å². The van der Waals surface area contributed by atoms with E-state index in [9.17, 15) is 53.1 Å². The average molecular weight is 608 g/mol. The van der Waals surface area contributed by atoms with Crippen LogP contribution in [0, 0.1) is 11.8 Å². The number of primary amides is 1. The summed E-state index contributed by atoms with van der Waals surface area (Å²) in [5.74, 6) is -9.83. The third-order valence-electron chi connectivity index (χ3n) is 9.26. The lowest BCUT2D eigenvalue weighted by atomic mass is 9.54. The van der Waals surface area contributed by atoms with Crippen molar-refractivity contribution < 1.29 is 53.1 Å². The number of halogens is 3. The molecule has 232 valence electrons. The Kier molecular flexibility index (Phi) is 7.28. The minimum atomic E-state index is -4.43. The molecule has 4 aliphatic rings. The van der Waals surface area contributed by atoms with Crippen LogP contribution in [0.25, 0.3) is 5.76 Å². The summed E-state index contributed by atoms with van der Waals surface area (Å²) in [5.41, 5.74) is 0.555. The zero-order chi connectivity index (χ0) is 31.9. The van der Waals surface area contributed by atoms with E-state index in [1.165, 1.54) is 19.0 Å². The molecule has 14 heteroatoms. The molecule has 5 rings (SSSR count). The van der Waals surface area contributed by atoms with Crippen LogP contribution in [0.5, 0.6) is 5.75 Å². The molecule has 1 heterocycles. The predicted octanol–water partition coefficient (Wildman–Crippen LogP) is 1.19. The molecule has 7 N–H and O–H groups in total. The van der Waals surface area contributed by atoms with Crippen molar-refractivity contribution in [2.75, 3.05) is 27.2 Å². The molecule has 1 aliphatic heterocycles. The zero-order valence-corrected chi connectivity index (χ0v) is 23.5. The monoisotopic (exact) mass is 607 g/mol. The Labute approximate surface area is 244 Å². The van der Waals surface area contributed by atoms with E-state index in [0.717, 1.165) is 6.08 Å². The van der Waals surface area contributed by atoms with Gasteiger partial charge in [0.2, 0.25) is 5.78 Å². The number of amides is 1. The van der Waals surface area contributed by atoms with Crippen molar-refractivity contribution in [3.8, 4) is 5.75 Å². The van der Waals surface area contributed by atoms with E-state index in [0.29, 0.717) is 5.56 Å². The van der Waals surface area contributed by atoms with Crippen LogP contribution in [0.15, 0.2) is 40.7 Å². The molecule has 3 aliphatic carbocycles. The molecule has 0 saturated heterocycles. The second-order valence-electron chi connectivity index (χ2n) is 11.8. The first-order valence-electron chi connectivity index (χ1n) is 13.6. The van der Waals surface area contributed by atoms with E-state index in [4.69, 9.17) is 5.73 Å². The van der Waals surface area contributed by atoms with Gasteiger partial charge in [-0.25, -0.2) is 0 Å². The van der Waals surface area contributed by atoms with Gasteiger partial charge in [-0.2, -0.15) is 13.2 Å². The molecule has 1 saturated carbocycles. The Balaban J connectivity index is 1.62. The number of hydrogen-bond donors (Lipinski definition) is 6. The minimum Gasteiger partial charge on any atom is -0.508 e. The molecule has 0 radical (unpaired) electrons. The van der Waals surface area contributed by atoms with Crippen molar-refractivity contribution in [3.05, 3.63) is 57.4 Å². The highest BCUT2D eigenvalue weighted by Gasteiger charge is 2.68. The Hall–Kier alpha value is -3.72. The molecule has 6 atom stereocenters. The van der Waals surface area contributed by atoms with Gasteiger partial charge in [0.25, 0.3) is 5.91 Å². The number of nitrogens with zero attached hydrogens (tertiary/aromatic N) is 2. The van der Waals surface area contributed by atoms with Crippen LogP contribution in [-0.4, -0.2) is 104 Å². The number of aliphatic hydroxyl groups is 4. The number of nitrogens with two attached hydrogens (primary N) is 1. The van der Waals surface area contributed by atoms with E-state index < -0.39 is 93.1 Å². The number of likely N-dealkylation sites (N-methyl/N-ethyl adjacent to an activating group) is 1. The van der Waals surface area contributed by atoms with Crippen LogP contribution in [0.4, 0.5) is 13.2 Å². The van der Waals surface area contributed by atoms with Crippen molar-refractivity contribution in [1.29, 1.82) is 0 Å². The van der Waals surface area contributed by atoms with Gasteiger partial charge in [-0.05, 0) is 32.0 Å². The summed E-state index contributed by atoms with van der Waals surface area (Å²) in [7, 11) is 2.84. The maximum atomic E-state index is 14.1. The molecular weight excluding hydrogens is 575 g/mol. The Morgan fingerprint density at radius 3 is 2.37 bits per heavy atom. The van der Waals surface area contributed by atoms with Crippen LogP contribution in [0.1, 0.15) is 36.0 Å². The number of fused-ring (bicyclic) bond motifs is 3. The second-order valence-corrected chi connectivity index (χ2v) is 11.8. The van der Waals surface area contributed by atoms with Crippen molar-refractivity contribution in [2.24, 2.45) is 17.6 Å². The highest BCUT2D eigenvalue weighted by molar-refractivity contribution is 6.24. The highest BCUT2D eigenvalue weighted by atomic mass is 19.4. The number of alkyl halides is 3. The molecule has 1 fully saturated rings. The fraction of sp³-hybridized carbons (Fsp3) is 0.483. The molecule has 0 aromatic heterocycles. The molecule has 1 aromatic rings. The number of carbonyl (C=O) groups is 3. The lowest BCUT2D eigenvalue weighted by Gasteiger charge is -2.53. The summed E-state index contributed by atoms with van der Waals surface area (Å²) in [5, 5.41) is 57.1. The number of rotatable bonds is 4. The van der Waals surface area contributed by atoms with E-state index in [2.05, 4.69) is 0 Å². The summed E-state index contributed by atoms with van der Waals surface area (Å²) in [6.07, 6.45) is -5.30. The van der Waals surface area contributed by atoms with Crippen LogP contribution < -0.4 is 5.73 Å². The first-order valence-corrected chi connectivity index (χ1v) is 13.6. The lowest BCUT2D eigenvalue weighted by molar-refractivity contribution is -0.169. The molecular formula is C29H32F3N3O8. The third-order valence-corrected chi connectivity index (χ3v) is 9.26. The molecule has 11 nitrogen and oxygen atoms in total. The number of benzene rings is 1. The van der Waals surface area contributed by atoms with Gasteiger partial charge < -0.3 is 31.3 Å². The standard InChI is InChI=1S/C29H32F3N3O8/c1-11-14-5-4-12(10-35-8-6-13(7-9-35)29(30,31)32)21(36)16(14)22(37)17-15(11)23(38)19-20(34(2)3)24(39)18(27(33)42)26(41)28(19,43)25(17)40/h4-6,11,15,19-20,23,36-38,41,43H,7-10H2,1-3H3,(H2,33,42)/t11-,15+,19+,20-,23-,28-/m0/s1. The number of aliphatic hydroxyl groups excluding tert-OH is 3. The van der Waals surface area contributed by atoms with Crippen molar-refractivity contribution in [3.63, 3.8) is 0 Å². The normalized spacial score (nSPS) is 31.6. The van der Waals surface area contributed by atoms with Gasteiger partial charge in [0, 0.05) is 42.3 Å². The molecule has 43 heavy (non-hydrogen) atoms. The summed E-state index contributed by atoms with van der Waals surface area (Å²) >= 11 is 0. The number of aromatic hydroxyl groups is 1. The minimum absolute atomic E-state index is 0.0158. The highest BCUT2D eigenvalue weighted by Crippen LogP contribution is 2.56. The SMILES string of the molecule is C[C@H]1c2ccc(CN3CC=C(C(F)(F)F)CC3)c(O)c2C(O)=C2C(=O)[C@]3(O)C(O)=C(C(N)=O)C(=O)[C@@H](N(C)C)[C@@H]3[C@@H](O)[C@@H]21. The quantitative estimate of drug-likeness (QED) is 0.215. The summed E-state index contributed by atoms with van der Waals surface area (Å²) in [6.45, 7) is 1.66.